The van der Waals surface area contributed by atoms with Crippen molar-refractivity contribution in [3.05, 3.63) is 83.4 Å². The molecule has 3 aromatic carbocycles. The van der Waals surface area contributed by atoms with Crippen LogP contribution in [0.25, 0.3) is 0 Å². The Morgan fingerprint density at radius 2 is 1.59 bits per heavy atom. The molecule has 0 saturated heterocycles. The number of hydrogen-bond donors (Lipinski definition) is 1. The van der Waals surface area contributed by atoms with Gasteiger partial charge in [0.25, 0.3) is 10.0 Å². The van der Waals surface area contributed by atoms with Gasteiger partial charge in [-0.3, -0.25) is 13.9 Å². The zero-order chi connectivity index (χ0) is 31.7. The lowest BCUT2D eigenvalue weighted by Gasteiger charge is -2.34. The highest BCUT2D eigenvalue weighted by molar-refractivity contribution is 7.92. The fourth-order valence-corrected chi connectivity index (χ4v) is 7.12. The van der Waals surface area contributed by atoms with Crippen LogP contribution in [-0.4, -0.2) is 58.0 Å². The number of carbonyl (C=O) groups excluding carboxylic acids is 2. The van der Waals surface area contributed by atoms with Crippen molar-refractivity contribution in [2.24, 2.45) is 0 Å². The van der Waals surface area contributed by atoms with Gasteiger partial charge in [-0.05, 0) is 55.2 Å². The van der Waals surface area contributed by atoms with Gasteiger partial charge >= 0.3 is 0 Å². The Hall–Kier alpha value is -3.76. The third-order valence-electron chi connectivity index (χ3n) is 7.90. The van der Waals surface area contributed by atoms with Crippen LogP contribution in [0.5, 0.6) is 11.5 Å². The Kier molecular flexibility index (Phi) is 11.5. The summed E-state index contributed by atoms with van der Waals surface area (Å²) in [7, 11) is -1.29. The van der Waals surface area contributed by atoms with Crippen LogP contribution in [0.2, 0.25) is 5.02 Å². The monoisotopic (exact) mass is 641 g/mol. The lowest BCUT2D eigenvalue weighted by atomic mass is 9.95. The normalized spacial score (nSPS) is 14.4. The van der Waals surface area contributed by atoms with E-state index in [1.54, 1.807) is 48.5 Å². The molecule has 1 atom stereocenters. The lowest BCUT2D eigenvalue weighted by molar-refractivity contribution is -0.140. The van der Waals surface area contributed by atoms with Gasteiger partial charge in [0.15, 0.2) is 11.5 Å². The first kappa shape index (κ1) is 33.1. The molecule has 0 aromatic heterocycles. The number of nitrogens with zero attached hydrogens (tertiary/aromatic N) is 2. The maximum atomic E-state index is 14.3. The van der Waals surface area contributed by atoms with Crippen LogP contribution in [-0.2, 0) is 26.2 Å². The minimum Gasteiger partial charge on any atom is -0.493 e. The summed E-state index contributed by atoms with van der Waals surface area (Å²) in [6, 6.07) is 18.9. The first-order valence-corrected chi connectivity index (χ1v) is 16.6. The molecular formula is C33H40ClN3O6S. The Balaban J connectivity index is 1.75. The van der Waals surface area contributed by atoms with Gasteiger partial charge in [0.1, 0.15) is 12.6 Å². The second kappa shape index (κ2) is 15.3. The number of nitrogens with one attached hydrogen (secondary N) is 1. The number of ether oxygens (including phenoxy) is 2. The van der Waals surface area contributed by atoms with Crippen LogP contribution in [0.4, 0.5) is 5.69 Å². The zero-order valence-corrected chi connectivity index (χ0v) is 26.9. The van der Waals surface area contributed by atoms with E-state index in [4.69, 9.17) is 21.1 Å². The molecule has 0 heterocycles. The van der Waals surface area contributed by atoms with Gasteiger partial charge in [-0.2, -0.15) is 0 Å². The van der Waals surface area contributed by atoms with Gasteiger partial charge in [-0.1, -0.05) is 74.2 Å². The predicted molar refractivity (Wildman–Crippen MR) is 172 cm³/mol. The molecule has 1 fully saturated rings. The standard InChI is InChI=1S/C33H40ClN3O6S/c1-4-29(33(39)35-25-14-7-5-8-15-25)36(22-24-13-11-12-18-28(24)34)32(38)23-37(44(40,41)27-16-9-6-10-17-27)26-19-20-30(42-2)31(21-26)43-3/h6,9-13,16-21,25,29H,4-5,7-8,14-15,22-23H2,1-3H3,(H,35,39)/t29-/m0/s1. The molecular weight excluding hydrogens is 602 g/mol. The van der Waals surface area contributed by atoms with Crippen LogP contribution < -0.4 is 19.1 Å². The largest absolute Gasteiger partial charge is 0.493 e. The summed E-state index contributed by atoms with van der Waals surface area (Å²) in [6.07, 6.45) is 5.34. The van der Waals surface area contributed by atoms with E-state index in [0.717, 1.165) is 36.4 Å². The van der Waals surface area contributed by atoms with Crippen molar-refractivity contribution in [3.8, 4) is 11.5 Å². The van der Waals surface area contributed by atoms with E-state index in [9.17, 15) is 18.0 Å². The highest BCUT2D eigenvalue weighted by Crippen LogP contribution is 2.34. The summed E-state index contributed by atoms with van der Waals surface area (Å²) in [5.41, 5.74) is 0.854. The van der Waals surface area contributed by atoms with E-state index >= 15 is 0 Å². The smallest absolute Gasteiger partial charge is 0.264 e. The molecule has 1 N–H and O–H groups in total. The molecule has 9 nitrogen and oxygen atoms in total. The van der Waals surface area contributed by atoms with Crippen molar-refractivity contribution < 1.29 is 27.5 Å². The van der Waals surface area contributed by atoms with E-state index in [2.05, 4.69) is 5.32 Å². The molecule has 3 aromatic rings. The van der Waals surface area contributed by atoms with E-state index in [0.29, 0.717) is 28.5 Å². The third kappa shape index (κ3) is 7.84. The van der Waals surface area contributed by atoms with Crippen molar-refractivity contribution in [3.63, 3.8) is 0 Å². The SMILES string of the molecule is CC[C@@H](C(=O)NC1CCCCC1)N(Cc1ccccc1Cl)C(=O)CN(c1ccc(OC)c(OC)c1)S(=O)(=O)c1ccccc1. The van der Waals surface area contributed by atoms with Gasteiger partial charge < -0.3 is 19.7 Å². The second-order valence-corrected chi connectivity index (χ2v) is 13.0. The van der Waals surface area contributed by atoms with Crippen molar-refractivity contribution in [2.75, 3.05) is 25.1 Å². The fourth-order valence-electron chi connectivity index (χ4n) is 5.50. The van der Waals surface area contributed by atoms with Crippen LogP contribution in [0.15, 0.2) is 77.7 Å². The number of benzene rings is 3. The second-order valence-electron chi connectivity index (χ2n) is 10.7. The molecule has 0 spiro atoms. The van der Waals surface area contributed by atoms with Gasteiger partial charge in [-0.15, -0.1) is 0 Å². The molecule has 0 aliphatic heterocycles. The quantitative estimate of drug-likeness (QED) is 0.253. The van der Waals surface area contributed by atoms with Gasteiger partial charge in [0.05, 0.1) is 24.8 Å². The molecule has 44 heavy (non-hydrogen) atoms. The number of methoxy groups -OCH3 is 2. The number of hydrogen-bond acceptors (Lipinski definition) is 6. The minimum absolute atomic E-state index is 0.0160. The summed E-state index contributed by atoms with van der Waals surface area (Å²) in [4.78, 5) is 29.5. The summed E-state index contributed by atoms with van der Waals surface area (Å²) < 4.78 is 40.0. The molecule has 1 aliphatic rings. The highest BCUT2D eigenvalue weighted by atomic mass is 35.5. The third-order valence-corrected chi connectivity index (χ3v) is 10.1. The number of halogens is 1. The van der Waals surface area contributed by atoms with Crippen LogP contribution in [0.1, 0.15) is 51.0 Å². The van der Waals surface area contributed by atoms with Crippen molar-refractivity contribution in [1.82, 2.24) is 10.2 Å². The van der Waals surface area contributed by atoms with Gasteiger partial charge in [0, 0.05) is 23.7 Å². The molecule has 11 heteroatoms. The Morgan fingerprint density at radius 1 is 0.932 bits per heavy atom. The van der Waals surface area contributed by atoms with E-state index in [-0.39, 0.29) is 29.1 Å². The van der Waals surface area contributed by atoms with Gasteiger partial charge in [-0.25, -0.2) is 8.42 Å². The Labute approximate surface area is 265 Å². The van der Waals surface area contributed by atoms with Crippen LogP contribution >= 0.6 is 11.6 Å². The minimum atomic E-state index is -4.22. The molecule has 4 rings (SSSR count). The van der Waals surface area contributed by atoms with E-state index < -0.39 is 28.5 Å². The highest BCUT2D eigenvalue weighted by Gasteiger charge is 2.35. The number of sulfonamides is 1. The lowest BCUT2D eigenvalue weighted by Crippen LogP contribution is -2.54. The zero-order valence-electron chi connectivity index (χ0n) is 25.4. The molecule has 2 amide bonds. The van der Waals surface area contributed by atoms with Crippen LogP contribution in [0.3, 0.4) is 0 Å². The van der Waals surface area contributed by atoms with Crippen molar-refractivity contribution in [1.29, 1.82) is 0 Å². The molecule has 0 bridgehead atoms. The predicted octanol–water partition coefficient (Wildman–Crippen LogP) is 5.81. The summed E-state index contributed by atoms with van der Waals surface area (Å²) in [6.45, 7) is 1.30. The van der Waals surface area contributed by atoms with E-state index in [1.165, 1.54) is 37.3 Å². The first-order valence-electron chi connectivity index (χ1n) is 14.8. The van der Waals surface area contributed by atoms with Gasteiger partial charge in [0.2, 0.25) is 11.8 Å². The fraction of sp³-hybridized carbons (Fsp3) is 0.394. The maximum Gasteiger partial charge on any atom is 0.264 e. The number of carbonyl (C=O) groups is 2. The number of rotatable bonds is 13. The van der Waals surface area contributed by atoms with Crippen LogP contribution in [0, 0.1) is 0 Å². The molecule has 1 saturated carbocycles. The molecule has 0 radical (unpaired) electrons. The van der Waals surface area contributed by atoms with Crippen molar-refractivity contribution in [2.45, 2.75) is 69.0 Å². The maximum absolute atomic E-state index is 14.3. The number of anilines is 1. The molecule has 236 valence electrons. The first-order chi connectivity index (χ1) is 21.2. The number of amides is 2. The molecule has 0 unspecified atom stereocenters. The molecule has 1 aliphatic carbocycles. The van der Waals surface area contributed by atoms with Crippen molar-refractivity contribution >= 4 is 39.1 Å². The summed E-state index contributed by atoms with van der Waals surface area (Å²) in [5, 5.41) is 3.59. The summed E-state index contributed by atoms with van der Waals surface area (Å²) >= 11 is 6.50. The Morgan fingerprint density at radius 3 is 2.23 bits per heavy atom. The Bertz CT molecular complexity index is 1530. The average molecular weight is 642 g/mol. The van der Waals surface area contributed by atoms with E-state index in [1.807, 2.05) is 13.0 Å². The average Bonchev–Trinajstić information content (AvgIpc) is 3.04. The summed E-state index contributed by atoms with van der Waals surface area (Å²) in [5.74, 6) is -0.101. The topological polar surface area (TPSA) is 105 Å².